The van der Waals surface area contributed by atoms with Crippen molar-refractivity contribution in [2.75, 3.05) is 0 Å². The molecule has 0 amide bonds. The van der Waals surface area contributed by atoms with Crippen molar-refractivity contribution < 1.29 is 17.2 Å². The third-order valence-electron chi connectivity index (χ3n) is 17.7. The molecule has 0 aliphatic heterocycles. The van der Waals surface area contributed by atoms with Gasteiger partial charge >= 0.3 is 0 Å². The highest BCUT2D eigenvalue weighted by Crippen LogP contribution is 2.68. The van der Waals surface area contributed by atoms with Crippen LogP contribution in [0.15, 0.2) is 59.5 Å². The lowest BCUT2D eigenvalue weighted by atomic mass is 9.45. The van der Waals surface area contributed by atoms with Gasteiger partial charge in [-0.15, -0.1) is 0 Å². The van der Waals surface area contributed by atoms with E-state index in [-0.39, 0.29) is 16.2 Å². The fraction of sp³-hybridized carbons (Fsp3) is 0.646. The molecule has 12 saturated carbocycles. The quantitative estimate of drug-likeness (QED) is 0.183. The van der Waals surface area contributed by atoms with E-state index in [4.69, 9.17) is 10.1 Å². The first-order valence-electron chi connectivity index (χ1n) is 21.9. The molecule has 2 atom stereocenters. The highest BCUT2D eigenvalue weighted by Gasteiger charge is 2.58. The summed E-state index contributed by atoms with van der Waals surface area (Å²) in [4.78, 5) is 1.27. The van der Waals surface area contributed by atoms with Crippen LogP contribution in [0.2, 0.25) is 0 Å². The van der Waals surface area contributed by atoms with Gasteiger partial charge in [-0.05, 0) is 235 Å². The van der Waals surface area contributed by atoms with E-state index in [0.717, 1.165) is 64.0 Å². The Morgan fingerprint density at radius 2 is 0.963 bits per heavy atom. The Bertz CT molecular complexity index is 2010. The van der Waals surface area contributed by atoms with Crippen LogP contribution < -0.4 is 0 Å². The second kappa shape index (κ2) is 11.8. The summed E-state index contributed by atoms with van der Waals surface area (Å²) in [6.45, 7) is 0. The largest absolute Gasteiger partial charge is 0.298 e. The SMILES string of the molecule is C=S(OC(c1ccc2ccccc2c1)S(=O)(=O)O)c1c(C23CC4CC(CC(C4)C2)C3)cc(C23CC4CC(CC(C4)C2)C3)cc1C12CC3CC(CC(C3)C1)C2. The Morgan fingerprint density at radius 3 is 1.37 bits per heavy atom. The first-order chi connectivity index (χ1) is 26.0. The Morgan fingerprint density at radius 1 is 0.574 bits per heavy atom. The number of hydrogen-bond acceptors (Lipinski definition) is 3. The van der Waals surface area contributed by atoms with Crippen LogP contribution >= 0.6 is 10.8 Å². The molecule has 1 N–H and O–H groups in total. The topological polar surface area (TPSA) is 63.6 Å². The second-order valence-electron chi connectivity index (χ2n) is 21.4. The van der Waals surface area contributed by atoms with Crippen molar-refractivity contribution in [3.05, 3.63) is 76.9 Å². The van der Waals surface area contributed by atoms with Gasteiger partial charge in [0.05, 0.1) is 0 Å². The molecule has 4 nitrogen and oxygen atoms in total. The molecule has 0 saturated heterocycles. The predicted molar refractivity (Wildman–Crippen MR) is 218 cm³/mol. The molecule has 286 valence electrons. The highest BCUT2D eigenvalue weighted by molar-refractivity contribution is 8.10. The lowest BCUT2D eigenvalue weighted by Gasteiger charge is -2.60. The van der Waals surface area contributed by atoms with Gasteiger partial charge in [-0.1, -0.05) is 48.5 Å². The van der Waals surface area contributed by atoms with Crippen molar-refractivity contribution >= 4 is 37.5 Å². The minimum Gasteiger partial charge on any atom is -0.292 e. The number of fused-ring (bicyclic) bond motifs is 1. The predicted octanol–water partition coefficient (Wildman–Crippen LogP) is 11.8. The molecule has 12 bridgehead atoms. The van der Waals surface area contributed by atoms with Gasteiger partial charge in [-0.3, -0.25) is 8.74 Å². The van der Waals surface area contributed by atoms with Crippen molar-refractivity contribution in [3.63, 3.8) is 0 Å². The molecule has 0 radical (unpaired) electrons. The summed E-state index contributed by atoms with van der Waals surface area (Å²) in [6.07, 6.45) is 24.4. The Balaban J connectivity index is 1.07. The average Bonchev–Trinajstić information content (AvgIpc) is 3.11. The van der Waals surface area contributed by atoms with Gasteiger partial charge in [0, 0.05) is 10.5 Å². The van der Waals surface area contributed by atoms with Crippen LogP contribution in [0.4, 0.5) is 0 Å². The monoisotopic (exact) mass is 762 g/mol. The summed E-state index contributed by atoms with van der Waals surface area (Å²) in [5.41, 5.74) is 4.20. The van der Waals surface area contributed by atoms with Gasteiger partial charge in [0.25, 0.3) is 10.1 Å². The van der Waals surface area contributed by atoms with E-state index in [9.17, 15) is 13.0 Å². The van der Waals surface area contributed by atoms with Crippen molar-refractivity contribution in [1.82, 2.24) is 0 Å². The van der Waals surface area contributed by atoms with Crippen LogP contribution in [-0.2, 0) is 30.5 Å². The van der Waals surface area contributed by atoms with Crippen LogP contribution in [-0.4, -0.2) is 18.8 Å². The molecule has 12 aliphatic rings. The Hall–Kier alpha value is -1.99. The normalized spacial score (nSPS) is 43.6. The van der Waals surface area contributed by atoms with Crippen molar-refractivity contribution in [2.45, 2.75) is 142 Å². The lowest BCUT2D eigenvalue weighted by Crippen LogP contribution is -2.51. The van der Waals surface area contributed by atoms with Crippen molar-refractivity contribution in [2.24, 2.45) is 53.3 Å². The standard InChI is InChI=1S/C48H58O4S2/c1-53(52-45(54(49,50)51)40-7-6-38-4-2-3-5-39(38)17-40)44-42(47-23-32-11-33(24-47)13-34(12-32)25-47)18-41(46-20-29-8-30(21-46)10-31(9-29)22-46)19-43(44)48-26-35-14-36(27-48)16-37(15-35)28-48/h2-7,17-19,29-37,45H,1,8-16,20-28H2,(H,49,50,51). The first-order valence-corrected chi connectivity index (χ1v) is 24.7. The van der Waals surface area contributed by atoms with Gasteiger partial charge in [-0.2, -0.15) is 8.42 Å². The van der Waals surface area contributed by atoms with E-state index >= 15 is 0 Å². The van der Waals surface area contributed by atoms with E-state index < -0.39 is 26.3 Å². The molecular weight excluding hydrogens is 705 g/mol. The summed E-state index contributed by atoms with van der Waals surface area (Å²) in [5.74, 6) is 12.3. The number of benzene rings is 3. The van der Waals surface area contributed by atoms with Crippen LogP contribution in [0.25, 0.3) is 10.8 Å². The molecule has 0 heterocycles. The molecule has 0 spiro atoms. The van der Waals surface area contributed by atoms with E-state index in [1.54, 1.807) is 5.56 Å². The maximum Gasteiger partial charge on any atom is 0.298 e. The summed E-state index contributed by atoms with van der Waals surface area (Å²) in [7, 11) is -5.70. The minimum atomic E-state index is -4.60. The molecule has 0 aromatic heterocycles. The maximum absolute atomic E-state index is 13.5. The lowest BCUT2D eigenvalue weighted by molar-refractivity contribution is -0.0136. The fourth-order valence-electron chi connectivity index (χ4n) is 17.1. The summed E-state index contributed by atoms with van der Waals surface area (Å²) < 4.78 is 44.8. The summed E-state index contributed by atoms with van der Waals surface area (Å²) >= 11 is 0. The van der Waals surface area contributed by atoms with Crippen LogP contribution in [0, 0.1) is 53.3 Å². The highest BCUT2D eigenvalue weighted by atomic mass is 32.2. The van der Waals surface area contributed by atoms with Crippen molar-refractivity contribution in [3.8, 4) is 0 Å². The van der Waals surface area contributed by atoms with Crippen LogP contribution in [0.1, 0.15) is 143 Å². The summed E-state index contributed by atoms with van der Waals surface area (Å²) in [6, 6.07) is 19.2. The molecule has 12 fully saturated rings. The third-order valence-corrected chi connectivity index (χ3v) is 20.1. The molecule has 54 heavy (non-hydrogen) atoms. The van der Waals surface area contributed by atoms with Gasteiger partial charge in [0.15, 0.2) is 0 Å². The van der Waals surface area contributed by atoms with Gasteiger partial charge < -0.3 is 0 Å². The molecule has 15 rings (SSSR count). The zero-order valence-corrected chi connectivity index (χ0v) is 33.5. The minimum absolute atomic E-state index is 0.113. The zero-order valence-electron chi connectivity index (χ0n) is 31.9. The van der Waals surface area contributed by atoms with Gasteiger partial charge in [0.1, 0.15) is 0 Å². The second-order valence-corrected chi connectivity index (χ2v) is 24.1. The maximum atomic E-state index is 13.5. The number of rotatable bonds is 8. The molecule has 6 heteroatoms. The van der Waals surface area contributed by atoms with Crippen molar-refractivity contribution in [1.29, 1.82) is 0 Å². The molecule has 3 aromatic rings. The van der Waals surface area contributed by atoms with Gasteiger partial charge in [0.2, 0.25) is 5.44 Å². The Kier molecular flexibility index (Phi) is 7.44. The Labute approximate surface area is 325 Å². The van der Waals surface area contributed by atoms with E-state index in [1.807, 2.05) is 42.5 Å². The van der Waals surface area contributed by atoms with Crippen LogP contribution in [0.3, 0.4) is 0 Å². The smallest absolute Gasteiger partial charge is 0.292 e. The average molecular weight is 763 g/mol. The molecule has 3 aromatic carbocycles. The van der Waals surface area contributed by atoms with E-state index in [0.29, 0.717) is 5.56 Å². The number of hydrogen-bond donors (Lipinski definition) is 1. The summed E-state index contributed by atoms with van der Waals surface area (Å²) in [5, 5.41) is 1.98. The zero-order chi connectivity index (χ0) is 36.2. The molecule has 12 aliphatic carbocycles. The molecule has 2 unspecified atom stereocenters. The van der Waals surface area contributed by atoms with E-state index in [2.05, 4.69) is 12.1 Å². The van der Waals surface area contributed by atoms with Crippen LogP contribution in [0.5, 0.6) is 0 Å². The third kappa shape index (κ3) is 5.27. The van der Waals surface area contributed by atoms with E-state index in [1.165, 1.54) is 132 Å². The fourth-order valence-corrected chi connectivity index (χ4v) is 19.7. The first kappa shape index (κ1) is 34.1. The molecular formula is C48H58O4S2. The van der Waals surface area contributed by atoms with Gasteiger partial charge in [-0.25, -0.2) is 0 Å².